The molecule has 2 aliphatic rings. The summed E-state index contributed by atoms with van der Waals surface area (Å²) in [7, 11) is 0.756. The number of likely N-dealkylation sites (N-methyl/N-ethyl adjacent to an activating group) is 1. The van der Waals surface area contributed by atoms with Crippen molar-refractivity contribution < 1.29 is 13.2 Å². The fourth-order valence-corrected chi connectivity index (χ4v) is 5.28. The number of nitrogens with zero attached hydrogens (tertiary/aromatic N) is 1. The van der Waals surface area contributed by atoms with Crippen LogP contribution < -0.4 is 10.2 Å². The summed E-state index contributed by atoms with van der Waals surface area (Å²) in [5.74, 6) is 0.732. The molecule has 1 N–H and O–H groups in total. The first-order chi connectivity index (χ1) is 9.91. The highest BCUT2D eigenvalue weighted by molar-refractivity contribution is 7.91. The highest BCUT2D eigenvalue weighted by atomic mass is 32.2. The Morgan fingerprint density at radius 2 is 2.14 bits per heavy atom. The van der Waals surface area contributed by atoms with Gasteiger partial charge in [-0.1, -0.05) is 12.1 Å². The topological polar surface area (TPSA) is 66.5 Å². The van der Waals surface area contributed by atoms with Crippen molar-refractivity contribution in [3.05, 3.63) is 29.3 Å². The molecule has 2 atom stereocenters. The highest BCUT2D eigenvalue weighted by Gasteiger charge is 2.34. The molecule has 1 aromatic rings. The van der Waals surface area contributed by atoms with Crippen LogP contribution >= 0.6 is 0 Å². The number of sulfone groups is 1. The first kappa shape index (κ1) is 14.5. The van der Waals surface area contributed by atoms with Crippen molar-refractivity contribution in [2.45, 2.75) is 18.9 Å². The van der Waals surface area contributed by atoms with Crippen molar-refractivity contribution in [2.75, 3.05) is 30.5 Å². The van der Waals surface area contributed by atoms with E-state index in [2.05, 4.69) is 5.32 Å². The molecule has 6 heteroatoms. The SMILES string of the molecule is CNC(c1ccc2c(c1)CC(=O)N2C)C1CCS(=O)(=O)C1. The zero-order valence-electron chi connectivity index (χ0n) is 12.3. The normalized spacial score (nSPS) is 25.1. The molecule has 1 fully saturated rings. The zero-order valence-corrected chi connectivity index (χ0v) is 13.1. The van der Waals surface area contributed by atoms with Crippen LogP contribution in [0.4, 0.5) is 5.69 Å². The van der Waals surface area contributed by atoms with Gasteiger partial charge in [0.25, 0.3) is 0 Å². The zero-order chi connectivity index (χ0) is 15.2. The van der Waals surface area contributed by atoms with E-state index in [9.17, 15) is 13.2 Å². The van der Waals surface area contributed by atoms with Gasteiger partial charge in [-0.25, -0.2) is 8.42 Å². The number of hydrogen-bond donors (Lipinski definition) is 1. The summed E-state index contributed by atoms with van der Waals surface area (Å²) in [5.41, 5.74) is 3.06. The summed E-state index contributed by atoms with van der Waals surface area (Å²) < 4.78 is 23.4. The molecule has 0 aromatic heterocycles. The van der Waals surface area contributed by atoms with Gasteiger partial charge in [-0.15, -0.1) is 0 Å². The lowest BCUT2D eigenvalue weighted by molar-refractivity contribution is -0.117. The maximum atomic E-state index is 11.8. The average molecular weight is 308 g/mol. The van der Waals surface area contributed by atoms with Gasteiger partial charge >= 0.3 is 0 Å². The Balaban J connectivity index is 1.89. The summed E-state index contributed by atoms with van der Waals surface area (Å²) in [6.45, 7) is 0. The van der Waals surface area contributed by atoms with Crippen molar-refractivity contribution in [3.63, 3.8) is 0 Å². The molecule has 0 radical (unpaired) electrons. The predicted molar refractivity (Wildman–Crippen MR) is 82.1 cm³/mol. The monoisotopic (exact) mass is 308 g/mol. The molecule has 2 unspecified atom stereocenters. The van der Waals surface area contributed by atoms with Crippen molar-refractivity contribution in [2.24, 2.45) is 5.92 Å². The smallest absolute Gasteiger partial charge is 0.231 e. The van der Waals surface area contributed by atoms with Crippen LogP contribution in [0.5, 0.6) is 0 Å². The molecular weight excluding hydrogens is 288 g/mol. The number of hydrogen-bond acceptors (Lipinski definition) is 4. The number of nitrogens with one attached hydrogen (secondary N) is 1. The number of benzene rings is 1. The largest absolute Gasteiger partial charge is 0.315 e. The van der Waals surface area contributed by atoms with Crippen molar-refractivity contribution in [1.82, 2.24) is 5.32 Å². The second kappa shape index (κ2) is 5.10. The van der Waals surface area contributed by atoms with E-state index in [0.717, 1.165) is 16.8 Å². The molecule has 0 aliphatic carbocycles. The summed E-state index contributed by atoms with van der Waals surface area (Å²) in [6.07, 6.45) is 1.13. The van der Waals surface area contributed by atoms with Crippen molar-refractivity contribution in [1.29, 1.82) is 0 Å². The van der Waals surface area contributed by atoms with Crippen LogP contribution in [0.1, 0.15) is 23.6 Å². The summed E-state index contributed by atoms with van der Waals surface area (Å²) in [5, 5.41) is 3.25. The molecule has 2 aliphatic heterocycles. The minimum atomic E-state index is -2.89. The van der Waals surface area contributed by atoms with E-state index < -0.39 is 9.84 Å². The third kappa shape index (κ3) is 2.58. The lowest BCUT2D eigenvalue weighted by atomic mass is 9.91. The Labute approximate surface area is 125 Å². The first-order valence-corrected chi connectivity index (χ1v) is 9.00. The van der Waals surface area contributed by atoms with Gasteiger partial charge in [0.05, 0.1) is 17.9 Å². The van der Waals surface area contributed by atoms with E-state index in [4.69, 9.17) is 0 Å². The molecule has 2 heterocycles. The Morgan fingerprint density at radius 3 is 2.76 bits per heavy atom. The van der Waals surface area contributed by atoms with Crippen LogP contribution in [0.25, 0.3) is 0 Å². The predicted octanol–water partition coefficient (Wildman–Crippen LogP) is 0.901. The Bertz CT molecular complexity index is 684. The summed E-state index contributed by atoms with van der Waals surface area (Å²) in [6, 6.07) is 6.03. The molecule has 5 nitrogen and oxygen atoms in total. The molecule has 0 bridgehead atoms. The number of carbonyl (C=O) groups excluding carboxylic acids is 1. The molecule has 21 heavy (non-hydrogen) atoms. The lowest BCUT2D eigenvalue weighted by Gasteiger charge is -2.23. The first-order valence-electron chi connectivity index (χ1n) is 7.18. The minimum Gasteiger partial charge on any atom is -0.315 e. The fraction of sp³-hybridized carbons (Fsp3) is 0.533. The van der Waals surface area contributed by atoms with Crippen LogP contribution in [0.3, 0.4) is 0 Å². The third-order valence-electron chi connectivity index (χ3n) is 4.59. The Hall–Kier alpha value is -1.40. The van der Waals surface area contributed by atoms with E-state index >= 15 is 0 Å². The second-order valence-corrected chi connectivity index (χ2v) is 8.18. The number of carbonyl (C=O) groups is 1. The van der Waals surface area contributed by atoms with Crippen LogP contribution in [-0.4, -0.2) is 39.9 Å². The van der Waals surface area contributed by atoms with Crippen molar-refractivity contribution in [3.8, 4) is 0 Å². The standard InChI is InChI=1S/C15H20N2O3S/c1-16-15(11-5-6-21(19,20)9-11)10-3-4-13-12(7-10)8-14(18)17(13)2/h3-4,7,11,15-16H,5-6,8-9H2,1-2H3. The van der Waals surface area contributed by atoms with Crippen molar-refractivity contribution >= 4 is 21.4 Å². The van der Waals surface area contributed by atoms with Crippen LogP contribution in [0.2, 0.25) is 0 Å². The van der Waals surface area contributed by atoms with E-state index in [0.29, 0.717) is 12.8 Å². The summed E-state index contributed by atoms with van der Waals surface area (Å²) in [4.78, 5) is 13.4. The molecule has 114 valence electrons. The molecule has 1 saturated heterocycles. The highest BCUT2D eigenvalue weighted by Crippen LogP contribution is 2.35. The molecule has 3 rings (SSSR count). The number of anilines is 1. The molecule has 1 amide bonds. The maximum Gasteiger partial charge on any atom is 0.231 e. The van der Waals surface area contributed by atoms with Crippen LogP contribution in [0.15, 0.2) is 18.2 Å². The Kier molecular flexibility index (Phi) is 3.53. The van der Waals surface area contributed by atoms with Gasteiger partial charge in [-0.2, -0.15) is 0 Å². The van der Waals surface area contributed by atoms with Crippen LogP contribution in [0, 0.1) is 5.92 Å². The molecule has 1 aromatic carbocycles. The van der Waals surface area contributed by atoms with Gasteiger partial charge in [0.1, 0.15) is 0 Å². The van der Waals surface area contributed by atoms with Gasteiger partial charge in [0.15, 0.2) is 9.84 Å². The van der Waals surface area contributed by atoms with Gasteiger partial charge in [-0.3, -0.25) is 4.79 Å². The number of fused-ring (bicyclic) bond motifs is 1. The number of amides is 1. The second-order valence-electron chi connectivity index (χ2n) is 5.95. The third-order valence-corrected chi connectivity index (χ3v) is 6.38. The van der Waals surface area contributed by atoms with E-state index in [-0.39, 0.29) is 29.4 Å². The van der Waals surface area contributed by atoms with Gasteiger partial charge in [0, 0.05) is 18.8 Å². The fourth-order valence-electron chi connectivity index (χ4n) is 3.44. The lowest BCUT2D eigenvalue weighted by Crippen LogP contribution is -2.26. The average Bonchev–Trinajstić information content (AvgIpc) is 2.92. The molecule has 0 saturated carbocycles. The number of rotatable bonds is 3. The van der Waals surface area contributed by atoms with Gasteiger partial charge < -0.3 is 10.2 Å². The van der Waals surface area contributed by atoms with Crippen LogP contribution in [-0.2, 0) is 21.1 Å². The molecule has 0 spiro atoms. The van der Waals surface area contributed by atoms with Gasteiger partial charge in [-0.05, 0) is 36.6 Å². The van der Waals surface area contributed by atoms with E-state index in [1.54, 1.807) is 11.9 Å². The molecular formula is C15H20N2O3S. The quantitative estimate of drug-likeness (QED) is 0.901. The maximum absolute atomic E-state index is 11.8. The van der Waals surface area contributed by atoms with Gasteiger partial charge in [0.2, 0.25) is 5.91 Å². The van der Waals surface area contributed by atoms with E-state index in [1.165, 1.54) is 0 Å². The Morgan fingerprint density at radius 1 is 1.38 bits per heavy atom. The minimum absolute atomic E-state index is 0.0218. The van der Waals surface area contributed by atoms with E-state index in [1.807, 2.05) is 25.2 Å². The summed E-state index contributed by atoms with van der Waals surface area (Å²) >= 11 is 0.